The van der Waals surface area contributed by atoms with Crippen LogP contribution in [0.1, 0.15) is 30.9 Å². The standard InChI is InChI=1S/C25H23NO.ClH/c1-2-16-27-19-13-10-18(11-14-19)25-22-9-5-8-21(22)24-20-7-4-3-6-17(20)12-15-23(24)26-25;/h3-4,6-7,10-15H,2,5,8-9,16H2,1H3;1H. The molecule has 0 aliphatic heterocycles. The molecule has 3 aromatic carbocycles. The fraction of sp³-hybridized carbons (Fsp3) is 0.240. The van der Waals surface area contributed by atoms with E-state index < -0.39 is 0 Å². The van der Waals surface area contributed by atoms with Crippen molar-refractivity contribution in [1.29, 1.82) is 0 Å². The Morgan fingerprint density at radius 1 is 0.893 bits per heavy atom. The van der Waals surface area contributed by atoms with Crippen molar-refractivity contribution in [2.45, 2.75) is 32.6 Å². The highest BCUT2D eigenvalue weighted by molar-refractivity contribution is 6.09. The Morgan fingerprint density at radius 3 is 2.50 bits per heavy atom. The molecule has 3 heteroatoms. The molecule has 0 amide bonds. The van der Waals surface area contributed by atoms with E-state index in [0.29, 0.717) is 0 Å². The van der Waals surface area contributed by atoms with Crippen molar-refractivity contribution < 1.29 is 4.74 Å². The van der Waals surface area contributed by atoms with Crippen LogP contribution in [0.4, 0.5) is 0 Å². The van der Waals surface area contributed by atoms with E-state index in [1.54, 1.807) is 0 Å². The topological polar surface area (TPSA) is 22.1 Å². The number of pyridine rings is 1. The summed E-state index contributed by atoms with van der Waals surface area (Å²) >= 11 is 0. The van der Waals surface area contributed by atoms with Crippen molar-refractivity contribution >= 4 is 34.1 Å². The number of ether oxygens (including phenoxy) is 1. The molecule has 5 rings (SSSR count). The van der Waals surface area contributed by atoms with E-state index in [1.165, 1.54) is 39.3 Å². The zero-order valence-electron chi connectivity index (χ0n) is 16.1. The highest BCUT2D eigenvalue weighted by atomic mass is 35.5. The van der Waals surface area contributed by atoms with Gasteiger partial charge in [0.2, 0.25) is 0 Å². The molecule has 0 saturated heterocycles. The third-order valence-corrected chi connectivity index (χ3v) is 5.55. The highest BCUT2D eigenvalue weighted by Gasteiger charge is 2.21. The molecule has 1 aliphatic rings. The molecule has 0 unspecified atom stereocenters. The Bertz CT molecular complexity index is 1130. The van der Waals surface area contributed by atoms with Gasteiger partial charge in [0.1, 0.15) is 5.75 Å². The van der Waals surface area contributed by atoms with E-state index in [-0.39, 0.29) is 12.4 Å². The number of rotatable bonds is 4. The summed E-state index contributed by atoms with van der Waals surface area (Å²) in [7, 11) is 0. The summed E-state index contributed by atoms with van der Waals surface area (Å²) in [6.45, 7) is 2.89. The number of aryl methyl sites for hydroxylation is 1. The fourth-order valence-electron chi connectivity index (χ4n) is 4.31. The largest absolute Gasteiger partial charge is 0.494 e. The minimum Gasteiger partial charge on any atom is -0.494 e. The van der Waals surface area contributed by atoms with Gasteiger partial charge in [-0.3, -0.25) is 0 Å². The molecule has 1 aromatic heterocycles. The number of hydrogen-bond acceptors (Lipinski definition) is 2. The zero-order valence-corrected chi connectivity index (χ0v) is 16.9. The lowest BCUT2D eigenvalue weighted by Crippen LogP contribution is -1.97. The normalized spacial score (nSPS) is 12.8. The summed E-state index contributed by atoms with van der Waals surface area (Å²) in [5.74, 6) is 0.934. The molecule has 0 radical (unpaired) electrons. The van der Waals surface area contributed by atoms with Crippen LogP contribution in [0.5, 0.6) is 5.75 Å². The fourth-order valence-corrected chi connectivity index (χ4v) is 4.31. The lowest BCUT2D eigenvalue weighted by Gasteiger charge is -2.14. The molecular formula is C25H24ClNO. The van der Waals surface area contributed by atoms with Gasteiger partial charge in [-0.25, -0.2) is 4.98 Å². The molecule has 0 saturated carbocycles. The predicted molar refractivity (Wildman–Crippen MR) is 120 cm³/mol. The quantitative estimate of drug-likeness (QED) is 0.360. The van der Waals surface area contributed by atoms with Crippen LogP contribution in [0.2, 0.25) is 0 Å². The summed E-state index contributed by atoms with van der Waals surface area (Å²) in [6.07, 6.45) is 4.50. The van der Waals surface area contributed by atoms with E-state index in [4.69, 9.17) is 9.72 Å². The molecule has 0 spiro atoms. The lowest BCUT2D eigenvalue weighted by atomic mass is 9.95. The highest BCUT2D eigenvalue weighted by Crippen LogP contribution is 2.39. The monoisotopic (exact) mass is 389 g/mol. The second kappa shape index (κ2) is 7.81. The van der Waals surface area contributed by atoms with Gasteiger partial charge in [-0.05, 0) is 77.9 Å². The SMILES string of the molecule is CCCOc1ccc(-c2nc3ccc4ccccc4c3c3c2CCC3)cc1.Cl. The molecule has 0 fully saturated rings. The van der Waals surface area contributed by atoms with Crippen LogP contribution in [0.25, 0.3) is 32.9 Å². The van der Waals surface area contributed by atoms with Crippen LogP contribution in [-0.4, -0.2) is 11.6 Å². The molecule has 1 aliphatic carbocycles. The average molecular weight is 390 g/mol. The molecule has 1 heterocycles. The van der Waals surface area contributed by atoms with Crippen LogP contribution in [0, 0.1) is 0 Å². The minimum atomic E-state index is 0. The average Bonchev–Trinajstić information content (AvgIpc) is 3.21. The molecular weight excluding hydrogens is 366 g/mol. The van der Waals surface area contributed by atoms with Gasteiger partial charge in [-0.2, -0.15) is 0 Å². The van der Waals surface area contributed by atoms with E-state index >= 15 is 0 Å². The maximum absolute atomic E-state index is 5.74. The lowest BCUT2D eigenvalue weighted by molar-refractivity contribution is 0.317. The summed E-state index contributed by atoms with van der Waals surface area (Å²) in [5.41, 5.74) is 6.37. The third kappa shape index (κ3) is 3.12. The number of hydrogen-bond donors (Lipinski definition) is 0. The van der Waals surface area contributed by atoms with Crippen LogP contribution in [-0.2, 0) is 12.8 Å². The van der Waals surface area contributed by atoms with Gasteiger partial charge in [0, 0.05) is 10.9 Å². The van der Waals surface area contributed by atoms with Crippen LogP contribution in [0.3, 0.4) is 0 Å². The van der Waals surface area contributed by atoms with Gasteiger partial charge >= 0.3 is 0 Å². The third-order valence-electron chi connectivity index (χ3n) is 5.55. The maximum Gasteiger partial charge on any atom is 0.119 e. The Hall–Kier alpha value is -2.58. The van der Waals surface area contributed by atoms with Crippen molar-refractivity contribution in [3.05, 3.63) is 71.8 Å². The molecule has 0 N–H and O–H groups in total. The number of benzene rings is 3. The molecule has 0 atom stereocenters. The Balaban J connectivity index is 0.00000192. The molecule has 142 valence electrons. The molecule has 2 nitrogen and oxygen atoms in total. The second-order valence-corrected chi connectivity index (χ2v) is 7.32. The summed E-state index contributed by atoms with van der Waals surface area (Å²) in [4.78, 5) is 5.12. The van der Waals surface area contributed by atoms with Crippen molar-refractivity contribution in [3.8, 4) is 17.0 Å². The van der Waals surface area contributed by atoms with Crippen LogP contribution >= 0.6 is 12.4 Å². The van der Waals surface area contributed by atoms with Gasteiger partial charge in [-0.1, -0.05) is 37.3 Å². The van der Waals surface area contributed by atoms with Crippen molar-refractivity contribution in [1.82, 2.24) is 4.98 Å². The molecule has 4 aromatic rings. The van der Waals surface area contributed by atoms with Gasteiger partial charge in [-0.15, -0.1) is 12.4 Å². The molecule has 0 bridgehead atoms. The van der Waals surface area contributed by atoms with E-state index in [0.717, 1.165) is 42.8 Å². The van der Waals surface area contributed by atoms with Gasteiger partial charge in [0.25, 0.3) is 0 Å². The van der Waals surface area contributed by atoms with E-state index in [1.807, 2.05) is 0 Å². The Labute approximate surface area is 172 Å². The predicted octanol–water partition coefficient (Wildman–Crippen LogP) is 6.75. The van der Waals surface area contributed by atoms with Gasteiger partial charge < -0.3 is 4.74 Å². The maximum atomic E-state index is 5.74. The number of halogens is 1. The van der Waals surface area contributed by atoms with Gasteiger partial charge in [0.05, 0.1) is 17.8 Å². The van der Waals surface area contributed by atoms with E-state index in [2.05, 4.69) is 67.6 Å². The summed E-state index contributed by atoms with van der Waals surface area (Å²) in [6, 6.07) is 21.5. The minimum absolute atomic E-state index is 0. The first kappa shape index (κ1) is 18.8. The van der Waals surface area contributed by atoms with Crippen molar-refractivity contribution in [2.75, 3.05) is 6.61 Å². The number of fused-ring (bicyclic) bond motifs is 5. The van der Waals surface area contributed by atoms with Crippen LogP contribution < -0.4 is 4.74 Å². The number of aromatic nitrogens is 1. The second-order valence-electron chi connectivity index (χ2n) is 7.32. The smallest absolute Gasteiger partial charge is 0.119 e. The Kier molecular flexibility index (Phi) is 5.23. The summed E-state index contributed by atoms with van der Waals surface area (Å²) < 4.78 is 5.74. The van der Waals surface area contributed by atoms with Crippen molar-refractivity contribution in [3.63, 3.8) is 0 Å². The van der Waals surface area contributed by atoms with Crippen molar-refractivity contribution in [2.24, 2.45) is 0 Å². The van der Waals surface area contributed by atoms with Crippen LogP contribution in [0.15, 0.2) is 60.7 Å². The number of nitrogens with zero attached hydrogens (tertiary/aromatic N) is 1. The zero-order chi connectivity index (χ0) is 18.2. The summed E-state index contributed by atoms with van der Waals surface area (Å²) in [5, 5.41) is 3.98. The van der Waals surface area contributed by atoms with Gasteiger partial charge in [0.15, 0.2) is 0 Å². The van der Waals surface area contributed by atoms with E-state index in [9.17, 15) is 0 Å². The Morgan fingerprint density at radius 2 is 1.68 bits per heavy atom. The first-order valence-electron chi connectivity index (χ1n) is 9.91. The first-order chi connectivity index (χ1) is 13.3. The molecule has 28 heavy (non-hydrogen) atoms. The first-order valence-corrected chi connectivity index (χ1v) is 9.91.